The highest BCUT2D eigenvalue weighted by molar-refractivity contribution is 8.15. The van der Waals surface area contributed by atoms with Gasteiger partial charge in [-0.1, -0.05) is 59.4 Å². The van der Waals surface area contributed by atoms with Crippen LogP contribution in [-0.4, -0.2) is 35.3 Å². The van der Waals surface area contributed by atoms with E-state index >= 15 is 0 Å². The van der Waals surface area contributed by atoms with Crippen molar-refractivity contribution in [3.63, 3.8) is 0 Å². The summed E-state index contributed by atoms with van der Waals surface area (Å²) in [5.74, 6) is 0.486. The first-order chi connectivity index (χ1) is 13.1. The van der Waals surface area contributed by atoms with Crippen molar-refractivity contribution in [1.29, 1.82) is 0 Å². The number of carbonyl (C=O) groups excluding carboxylic acids is 2. The van der Waals surface area contributed by atoms with Crippen molar-refractivity contribution in [2.75, 3.05) is 13.2 Å². The van der Waals surface area contributed by atoms with Gasteiger partial charge in [-0.2, -0.15) is 0 Å². The predicted molar refractivity (Wildman–Crippen MR) is 105 cm³/mol. The van der Waals surface area contributed by atoms with Crippen LogP contribution in [0.5, 0.6) is 5.75 Å². The van der Waals surface area contributed by atoms with Crippen LogP contribution in [0.3, 0.4) is 0 Å². The highest BCUT2D eigenvalue weighted by Gasteiger charge is 2.31. The van der Waals surface area contributed by atoms with E-state index < -0.39 is 0 Å². The van der Waals surface area contributed by atoms with Gasteiger partial charge in [0.15, 0.2) is 6.61 Å². The van der Waals surface area contributed by atoms with Crippen LogP contribution in [0.15, 0.2) is 59.8 Å². The zero-order valence-electron chi connectivity index (χ0n) is 14.9. The van der Waals surface area contributed by atoms with E-state index in [1.165, 1.54) is 0 Å². The molecule has 1 aliphatic heterocycles. The number of oxime groups is 1. The molecule has 7 heteroatoms. The summed E-state index contributed by atoms with van der Waals surface area (Å²) in [6.45, 7) is 2.61. The van der Waals surface area contributed by atoms with Gasteiger partial charge < -0.3 is 9.57 Å². The van der Waals surface area contributed by atoms with E-state index in [0.29, 0.717) is 25.4 Å². The molecule has 1 N–H and O–H groups in total. The minimum atomic E-state index is -0.358. The summed E-state index contributed by atoms with van der Waals surface area (Å²) in [7, 11) is 0. The number of benzene rings is 2. The van der Waals surface area contributed by atoms with Crippen LogP contribution in [0.1, 0.15) is 18.1 Å². The molecule has 0 radical (unpaired) electrons. The van der Waals surface area contributed by atoms with Gasteiger partial charge in [0.25, 0.3) is 5.24 Å². The molecule has 2 aromatic rings. The van der Waals surface area contributed by atoms with Gasteiger partial charge >= 0.3 is 0 Å². The first-order valence-electron chi connectivity index (χ1n) is 8.57. The standard InChI is InChI=1S/C20H20N2O4S/c1-14(16-5-3-2-4-6-16)22-26-12-11-25-17-9-7-15(8-10-17)13-18-19(23)21-20(24)27-18/h2-10,18H,11-13H2,1H3,(H,21,23,24)/b22-14+. The maximum atomic E-state index is 11.6. The Morgan fingerprint density at radius 1 is 1.07 bits per heavy atom. The number of thioether (sulfide) groups is 1. The molecule has 140 valence electrons. The van der Waals surface area contributed by atoms with Crippen molar-refractivity contribution in [3.8, 4) is 5.75 Å². The Morgan fingerprint density at radius 3 is 2.48 bits per heavy atom. The fraction of sp³-hybridized carbons (Fsp3) is 0.250. The van der Waals surface area contributed by atoms with Gasteiger partial charge in [0.1, 0.15) is 12.4 Å². The van der Waals surface area contributed by atoms with Crippen molar-refractivity contribution in [1.82, 2.24) is 5.32 Å². The van der Waals surface area contributed by atoms with Gasteiger partial charge in [-0.15, -0.1) is 0 Å². The third kappa shape index (κ3) is 5.59. The lowest BCUT2D eigenvalue weighted by atomic mass is 10.1. The average Bonchev–Trinajstić information content (AvgIpc) is 3.00. The van der Waals surface area contributed by atoms with Crippen LogP contribution in [0.4, 0.5) is 4.79 Å². The molecule has 1 atom stereocenters. The molecule has 1 fully saturated rings. The van der Waals surface area contributed by atoms with E-state index in [4.69, 9.17) is 9.57 Å². The summed E-state index contributed by atoms with van der Waals surface area (Å²) in [5, 5.41) is 5.73. The molecule has 1 saturated heterocycles. The van der Waals surface area contributed by atoms with E-state index in [2.05, 4.69) is 10.5 Å². The fourth-order valence-electron chi connectivity index (χ4n) is 2.53. The second-order valence-corrected chi connectivity index (χ2v) is 7.13. The van der Waals surface area contributed by atoms with Gasteiger partial charge in [0, 0.05) is 0 Å². The molecule has 2 amide bonds. The quantitative estimate of drug-likeness (QED) is 0.429. The van der Waals surface area contributed by atoms with Crippen LogP contribution < -0.4 is 10.1 Å². The van der Waals surface area contributed by atoms with E-state index in [9.17, 15) is 9.59 Å². The Hall–Kier alpha value is -2.80. The Labute approximate surface area is 161 Å². The molecule has 0 spiro atoms. The molecule has 0 aromatic heterocycles. The van der Waals surface area contributed by atoms with E-state index in [1.54, 1.807) is 0 Å². The van der Waals surface area contributed by atoms with Crippen LogP contribution in [-0.2, 0) is 16.1 Å². The number of carbonyl (C=O) groups is 2. The molecule has 0 bridgehead atoms. The topological polar surface area (TPSA) is 77.0 Å². The Morgan fingerprint density at radius 2 is 1.81 bits per heavy atom. The van der Waals surface area contributed by atoms with Crippen molar-refractivity contribution in [3.05, 3.63) is 65.7 Å². The number of hydrogen-bond acceptors (Lipinski definition) is 6. The van der Waals surface area contributed by atoms with Gasteiger partial charge in [-0.05, 0) is 36.6 Å². The first kappa shape index (κ1) is 19.0. The van der Waals surface area contributed by atoms with Gasteiger partial charge in [0.2, 0.25) is 5.91 Å². The number of rotatable bonds is 8. The highest BCUT2D eigenvalue weighted by atomic mass is 32.2. The van der Waals surface area contributed by atoms with Crippen molar-refractivity contribution in [2.45, 2.75) is 18.6 Å². The largest absolute Gasteiger partial charge is 0.490 e. The number of hydrogen-bond donors (Lipinski definition) is 1. The lowest BCUT2D eigenvalue weighted by Gasteiger charge is -2.08. The lowest BCUT2D eigenvalue weighted by Crippen LogP contribution is -2.25. The van der Waals surface area contributed by atoms with Crippen LogP contribution in [0.25, 0.3) is 0 Å². The average molecular weight is 384 g/mol. The van der Waals surface area contributed by atoms with Gasteiger partial charge in [-0.3, -0.25) is 14.9 Å². The van der Waals surface area contributed by atoms with Gasteiger partial charge in [-0.25, -0.2) is 0 Å². The Bertz CT molecular complexity index is 822. The number of nitrogens with one attached hydrogen (secondary N) is 1. The minimum absolute atomic E-state index is 0.228. The monoisotopic (exact) mass is 384 g/mol. The van der Waals surface area contributed by atoms with Crippen molar-refractivity contribution in [2.24, 2.45) is 5.16 Å². The van der Waals surface area contributed by atoms with E-state index in [1.807, 2.05) is 61.5 Å². The third-order valence-electron chi connectivity index (χ3n) is 3.95. The SMILES string of the molecule is C/C(=N\OCCOc1ccc(CC2SC(=O)NC2=O)cc1)c1ccccc1. The first-order valence-corrected chi connectivity index (χ1v) is 9.45. The van der Waals surface area contributed by atoms with Crippen LogP contribution in [0, 0.1) is 0 Å². The molecule has 3 rings (SSSR count). The maximum Gasteiger partial charge on any atom is 0.286 e. The summed E-state index contributed by atoms with van der Waals surface area (Å²) in [4.78, 5) is 28.1. The summed E-state index contributed by atoms with van der Waals surface area (Å²) in [6, 6.07) is 17.3. The zero-order valence-corrected chi connectivity index (χ0v) is 15.7. The molecular formula is C20H20N2O4S. The third-order valence-corrected chi connectivity index (χ3v) is 4.93. The van der Waals surface area contributed by atoms with Crippen molar-refractivity contribution >= 4 is 28.6 Å². The summed E-state index contributed by atoms with van der Waals surface area (Å²) >= 11 is 1.03. The molecular weight excluding hydrogens is 364 g/mol. The normalized spacial score (nSPS) is 16.9. The Kier molecular flexibility index (Phi) is 6.49. The fourth-order valence-corrected chi connectivity index (χ4v) is 3.39. The number of amides is 2. The molecule has 6 nitrogen and oxygen atoms in total. The predicted octanol–water partition coefficient (Wildman–Crippen LogP) is 3.40. The lowest BCUT2D eigenvalue weighted by molar-refractivity contribution is -0.118. The smallest absolute Gasteiger partial charge is 0.286 e. The molecule has 1 unspecified atom stereocenters. The summed E-state index contributed by atoms with van der Waals surface area (Å²) < 4.78 is 5.62. The minimum Gasteiger partial charge on any atom is -0.490 e. The van der Waals surface area contributed by atoms with Crippen LogP contribution in [0.2, 0.25) is 0 Å². The maximum absolute atomic E-state index is 11.6. The van der Waals surface area contributed by atoms with Crippen LogP contribution >= 0.6 is 11.8 Å². The molecule has 0 aliphatic carbocycles. The Balaban J connectivity index is 1.40. The van der Waals surface area contributed by atoms with Gasteiger partial charge in [0.05, 0.1) is 11.0 Å². The van der Waals surface area contributed by atoms with E-state index in [-0.39, 0.29) is 16.4 Å². The number of imide groups is 1. The highest BCUT2D eigenvalue weighted by Crippen LogP contribution is 2.23. The molecule has 1 heterocycles. The second kappa shape index (κ2) is 9.23. The van der Waals surface area contributed by atoms with Crippen molar-refractivity contribution < 1.29 is 19.2 Å². The molecule has 0 saturated carbocycles. The molecule has 2 aromatic carbocycles. The second-order valence-electron chi connectivity index (χ2n) is 5.96. The summed E-state index contributed by atoms with van der Waals surface area (Å²) in [5.41, 5.74) is 2.81. The summed E-state index contributed by atoms with van der Waals surface area (Å²) in [6.07, 6.45) is 0.513. The molecule has 1 aliphatic rings. The number of ether oxygens (including phenoxy) is 1. The zero-order chi connectivity index (χ0) is 19.1. The number of nitrogens with zero attached hydrogens (tertiary/aromatic N) is 1. The van der Waals surface area contributed by atoms with E-state index in [0.717, 1.165) is 28.6 Å². The molecule has 27 heavy (non-hydrogen) atoms.